The molecule has 128 valence electrons. The fourth-order valence-corrected chi connectivity index (χ4v) is 2.48. The highest BCUT2D eigenvalue weighted by Crippen LogP contribution is 2.32. The lowest BCUT2D eigenvalue weighted by molar-refractivity contribution is 0.0939. The summed E-state index contributed by atoms with van der Waals surface area (Å²) in [6.07, 6.45) is 0. The van der Waals surface area contributed by atoms with Crippen molar-refractivity contribution in [1.29, 1.82) is 0 Å². The van der Waals surface area contributed by atoms with E-state index in [-0.39, 0.29) is 24.4 Å². The zero-order valence-corrected chi connectivity index (χ0v) is 14.3. The number of hydrogen-bond donors (Lipinski definition) is 2. The molecule has 1 heterocycles. The van der Waals surface area contributed by atoms with Crippen LogP contribution < -0.4 is 20.5 Å². The van der Waals surface area contributed by atoms with Crippen LogP contribution in [0.3, 0.4) is 0 Å². The number of nitrogens with two attached hydrogens (primary N) is 1. The summed E-state index contributed by atoms with van der Waals surface area (Å²) in [6, 6.07) is 12.9. The molecule has 0 bridgehead atoms. The highest BCUT2D eigenvalue weighted by atomic mass is 35.5. The number of halogens is 1. The molecule has 1 aliphatic rings. The number of rotatable bonds is 4. The summed E-state index contributed by atoms with van der Waals surface area (Å²) in [7, 11) is 0. The Bertz CT molecular complexity index is 704. The van der Waals surface area contributed by atoms with Gasteiger partial charge in [0.15, 0.2) is 11.5 Å². The van der Waals surface area contributed by atoms with Gasteiger partial charge < -0.3 is 20.5 Å². The Morgan fingerprint density at radius 3 is 2.46 bits per heavy atom. The average Bonchev–Trinajstić information content (AvgIpc) is 2.61. The molecule has 0 aromatic heterocycles. The molecule has 5 nitrogen and oxygen atoms in total. The number of benzene rings is 2. The van der Waals surface area contributed by atoms with E-state index in [0.717, 1.165) is 22.6 Å². The fourth-order valence-electron chi connectivity index (χ4n) is 2.48. The first-order valence-corrected chi connectivity index (χ1v) is 7.67. The molecule has 1 unspecified atom stereocenters. The van der Waals surface area contributed by atoms with Crippen LogP contribution in [0, 0.1) is 0 Å². The molecule has 3 rings (SSSR count). The van der Waals surface area contributed by atoms with Crippen LogP contribution in [0.25, 0.3) is 0 Å². The van der Waals surface area contributed by atoms with Gasteiger partial charge in [0, 0.05) is 12.1 Å². The molecule has 0 aliphatic carbocycles. The van der Waals surface area contributed by atoms with Gasteiger partial charge in [0.2, 0.25) is 0 Å². The Kier molecular flexibility index (Phi) is 6.06. The van der Waals surface area contributed by atoms with E-state index in [0.29, 0.717) is 25.3 Å². The smallest absolute Gasteiger partial charge is 0.251 e. The molecule has 24 heavy (non-hydrogen) atoms. The van der Waals surface area contributed by atoms with Crippen molar-refractivity contribution in [2.24, 2.45) is 5.73 Å². The van der Waals surface area contributed by atoms with Crippen LogP contribution in [0.15, 0.2) is 42.5 Å². The fraction of sp³-hybridized carbons (Fsp3) is 0.278. The van der Waals surface area contributed by atoms with Crippen molar-refractivity contribution in [3.05, 3.63) is 59.2 Å². The maximum absolute atomic E-state index is 12.3. The van der Waals surface area contributed by atoms with Crippen LogP contribution in [0.2, 0.25) is 0 Å². The van der Waals surface area contributed by atoms with E-state index < -0.39 is 0 Å². The third-order valence-corrected chi connectivity index (χ3v) is 3.87. The van der Waals surface area contributed by atoms with Crippen molar-refractivity contribution in [2.45, 2.75) is 19.5 Å². The van der Waals surface area contributed by atoms with Crippen LogP contribution in [0.1, 0.15) is 34.5 Å². The Morgan fingerprint density at radius 2 is 1.79 bits per heavy atom. The normalized spacial score (nSPS) is 13.6. The molecule has 0 radical (unpaired) electrons. The number of amides is 1. The monoisotopic (exact) mass is 348 g/mol. The first-order valence-electron chi connectivity index (χ1n) is 7.67. The molecule has 0 spiro atoms. The van der Waals surface area contributed by atoms with Gasteiger partial charge in [0.1, 0.15) is 13.2 Å². The Labute approximate surface area is 147 Å². The molecule has 2 aromatic carbocycles. The van der Waals surface area contributed by atoms with E-state index >= 15 is 0 Å². The highest BCUT2D eigenvalue weighted by molar-refractivity contribution is 5.94. The topological polar surface area (TPSA) is 73.6 Å². The van der Waals surface area contributed by atoms with E-state index in [1.54, 1.807) is 12.1 Å². The third-order valence-electron chi connectivity index (χ3n) is 3.87. The minimum atomic E-state index is -0.132. The lowest BCUT2D eigenvalue weighted by Crippen LogP contribution is -2.26. The van der Waals surface area contributed by atoms with Crippen molar-refractivity contribution in [1.82, 2.24) is 5.32 Å². The molecule has 1 atom stereocenters. The van der Waals surface area contributed by atoms with E-state index in [9.17, 15) is 4.79 Å². The van der Waals surface area contributed by atoms with Gasteiger partial charge in [-0.1, -0.05) is 18.2 Å². The second kappa shape index (κ2) is 8.04. The molecule has 0 saturated carbocycles. The average molecular weight is 349 g/mol. The summed E-state index contributed by atoms with van der Waals surface area (Å²) >= 11 is 0. The van der Waals surface area contributed by atoms with E-state index in [2.05, 4.69) is 5.32 Å². The van der Waals surface area contributed by atoms with Crippen molar-refractivity contribution in [3.63, 3.8) is 0 Å². The van der Waals surface area contributed by atoms with Gasteiger partial charge in [-0.3, -0.25) is 4.79 Å². The molecular weight excluding hydrogens is 328 g/mol. The lowest BCUT2D eigenvalue weighted by atomic mass is 10.1. The molecule has 6 heteroatoms. The number of hydrogen-bond acceptors (Lipinski definition) is 4. The standard InChI is InChI=1S/C18H20N2O3.ClH/c1-12(15-6-7-16-17(10-15)23-9-8-22-16)20-18(21)14-4-2-13(11-19)3-5-14;/h2-7,10,12H,8-9,11,19H2,1H3,(H,20,21);1H. The minimum absolute atomic E-state index is 0. The summed E-state index contributed by atoms with van der Waals surface area (Å²) in [5.41, 5.74) is 8.16. The predicted octanol–water partition coefficient (Wildman–Crippen LogP) is 2.83. The van der Waals surface area contributed by atoms with Gasteiger partial charge in [-0.25, -0.2) is 0 Å². The second-order valence-electron chi connectivity index (χ2n) is 5.50. The van der Waals surface area contributed by atoms with Crippen LogP contribution >= 0.6 is 12.4 Å². The number of ether oxygens (including phenoxy) is 2. The van der Waals surface area contributed by atoms with Crippen LogP contribution in [-0.4, -0.2) is 19.1 Å². The molecule has 2 aromatic rings. The Balaban J connectivity index is 0.00000208. The van der Waals surface area contributed by atoms with Crippen LogP contribution in [0.5, 0.6) is 11.5 Å². The first kappa shape index (κ1) is 18.1. The van der Waals surface area contributed by atoms with Crippen molar-refractivity contribution >= 4 is 18.3 Å². The third kappa shape index (κ3) is 3.99. The van der Waals surface area contributed by atoms with Crippen molar-refractivity contribution in [3.8, 4) is 11.5 Å². The summed E-state index contributed by atoms with van der Waals surface area (Å²) in [5, 5.41) is 2.99. The molecule has 0 saturated heterocycles. The van der Waals surface area contributed by atoms with Crippen molar-refractivity contribution < 1.29 is 14.3 Å². The quantitative estimate of drug-likeness (QED) is 0.891. The van der Waals surface area contributed by atoms with Gasteiger partial charge in [0.05, 0.1) is 6.04 Å². The van der Waals surface area contributed by atoms with Crippen molar-refractivity contribution in [2.75, 3.05) is 13.2 Å². The molecular formula is C18H21ClN2O3. The number of carbonyl (C=O) groups is 1. The maximum atomic E-state index is 12.3. The van der Waals surface area contributed by atoms with Gasteiger partial charge in [-0.2, -0.15) is 0 Å². The van der Waals surface area contributed by atoms with E-state index in [1.807, 2.05) is 37.3 Å². The van der Waals surface area contributed by atoms with Gasteiger partial charge in [-0.15, -0.1) is 12.4 Å². The van der Waals surface area contributed by atoms with Gasteiger partial charge in [0.25, 0.3) is 5.91 Å². The van der Waals surface area contributed by atoms with Gasteiger partial charge >= 0.3 is 0 Å². The molecule has 1 aliphatic heterocycles. The summed E-state index contributed by atoms with van der Waals surface area (Å²) < 4.78 is 11.1. The van der Waals surface area contributed by atoms with E-state index in [1.165, 1.54) is 0 Å². The Hall–Kier alpha value is -2.24. The Morgan fingerprint density at radius 1 is 1.12 bits per heavy atom. The van der Waals surface area contributed by atoms with E-state index in [4.69, 9.17) is 15.2 Å². The summed E-state index contributed by atoms with van der Waals surface area (Å²) in [6.45, 7) is 3.52. The zero-order chi connectivity index (χ0) is 16.2. The SMILES string of the molecule is CC(NC(=O)c1ccc(CN)cc1)c1ccc2c(c1)OCCO2.Cl. The highest BCUT2D eigenvalue weighted by Gasteiger charge is 2.16. The first-order chi connectivity index (χ1) is 11.2. The molecule has 3 N–H and O–H groups in total. The molecule has 1 amide bonds. The number of carbonyl (C=O) groups excluding carboxylic acids is 1. The van der Waals surface area contributed by atoms with Gasteiger partial charge in [-0.05, 0) is 42.3 Å². The second-order valence-corrected chi connectivity index (χ2v) is 5.50. The van der Waals surface area contributed by atoms with Crippen LogP contribution in [-0.2, 0) is 6.54 Å². The predicted molar refractivity (Wildman–Crippen MR) is 94.9 cm³/mol. The summed E-state index contributed by atoms with van der Waals surface area (Å²) in [5.74, 6) is 1.36. The maximum Gasteiger partial charge on any atom is 0.251 e. The molecule has 0 fully saturated rings. The zero-order valence-electron chi connectivity index (χ0n) is 13.5. The summed E-state index contributed by atoms with van der Waals surface area (Å²) in [4.78, 5) is 12.3. The largest absolute Gasteiger partial charge is 0.486 e. The lowest BCUT2D eigenvalue weighted by Gasteiger charge is -2.21. The number of fused-ring (bicyclic) bond motifs is 1. The van der Waals surface area contributed by atoms with Crippen LogP contribution in [0.4, 0.5) is 0 Å². The number of nitrogens with one attached hydrogen (secondary N) is 1. The minimum Gasteiger partial charge on any atom is -0.486 e.